The minimum Gasteiger partial charge on any atom is -0.313 e. The van der Waals surface area contributed by atoms with E-state index in [-0.39, 0.29) is 18.3 Å². The van der Waals surface area contributed by atoms with Crippen LogP contribution >= 0.6 is 46.7 Å². The number of thiazole rings is 1. The Morgan fingerprint density at radius 2 is 1.72 bits per heavy atom. The summed E-state index contributed by atoms with van der Waals surface area (Å²) in [4.78, 5) is 21.8. The number of amides is 1. The number of rotatable bonds is 5. The molecule has 4 nitrogen and oxygen atoms in total. The molecule has 8 heteroatoms. The molecule has 6 rings (SSSR count). The number of halogens is 2. The second-order valence-electron chi connectivity index (χ2n) is 8.60. The minimum atomic E-state index is -0.135. The smallest absolute Gasteiger partial charge is 0.256 e. The van der Waals surface area contributed by atoms with Gasteiger partial charge in [0.1, 0.15) is 10.0 Å². The molecule has 2 aromatic heterocycles. The molecule has 0 radical (unpaired) electrons. The monoisotopic (exact) mass is 551 g/mol. The zero-order chi connectivity index (χ0) is 23.8. The molecule has 182 valence electrons. The number of hydrogen-bond donors (Lipinski definition) is 1. The van der Waals surface area contributed by atoms with Gasteiger partial charge in [-0.2, -0.15) is 0 Å². The van der Waals surface area contributed by atoms with Gasteiger partial charge in [0.25, 0.3) is 5.91 Å². The van der Waals surface area contributed by atoms with Gasteiger partial charge in [-0.1, -0.05) is 54.1 Å². The summed E-state index contributed by atoms with van der Waals surface area (Å²) in [5.41, 5.74) is 5.28. The Morgan fingerprint density at radius 3 is 2.50 bits per heavy atom. The Labute approximate surface area is 229 Å². The van der Waals surface area contributed by atoms with E-state index in [1.54, 1.807) is 46.9 Å². The standard InChI is InChI=1S/C28H22ClN3OS2.ClH/c29-20-12-10-19(11-13-20)26(33)31-28-25(27-30-22-8-4-5-9-23(22)34-27)21-14-15-32(17-24(21)35-28)16-18-6-2-1-3-7-18;/h1-13H,14-17H2,(H,31,33);1H. The van der Waals surface area contributed by atoms with E-state index in [0.29, 0.717) is 10.6 Å². The van der Waals surface area contributed by atoms with Crippen LogP contribution in [-0.4, -0.2) is 22.3 Å². The summed E-state index contributed by atoms with van der Waals surface area (Å²) in [7, 11) is 0. The predicted molar refractivity (Wildman–Crippen MR) is 154 cm³/mol. The number of benzene rings is 3. The molecule has 1 amide bonds. The van der Waals surface area contributed by atoms with Crippen molar-refractivity contribution in [2.24, 2.45) is 0 Å². The molecule has 3 aromatic carbocycles. The highest BCUT2D eigenvalue weighted by Crippen LogP contribution is 2.46. The van der Waals surface area contributed by atoms with Crippen molar-refractivity contribution in [1.29, 1.82) is 0 Å². The predicted octanol–water partition coefficient (Wildman–Crippen LogP) is 7.91. The van der Waals surface area contributed by atoms with Crippen LogP contribution in [-0.2, 0) is 19.5 Å². The van der Waals surface area contributed by atoms with Gasteiger partial charge < -0.3 is 5.32 Å². The molecule has 1 aliphatic rings. The molecule has 0 aliphatic carbocycles. The zero-order valence-corrected chi connectivity index (χ0v) is 22.4. The highest BCUT2D eigenvalue weighted by Gasteiger charge is 2.28. The molecule has 1 N–H and O–H groups in total. The summed E-state index contributed by atoms with van der Waals surface area (Å²) < 4.78 is 1.15. The van der Waals surface area contributed by atoms with Gasteiger partial charge >= 0.3 is 0 Å². The van der Waals surface area contributed by atoms with E-state index in [9.17, 15) is 4.79 Å². The Bertz CT molecular complexity index is 1480. The van der Waals surface area contributed by atoms with Gasteiger partial charge in [-0.15, -0.1) is 35.1 Å². The SMILES string of the molecule is Cl.O=C(Nc1sc2c(c1-c1nc3ccccc3s1)CCN(Cc1ccccc1)C2)c1ccc(Cl)cc1. The first-order valence-electron chi connectivity index (χ1n) is 11.5. The van der Waals surface area contributed by atoms with Gasteiger partial charge in [-0.05, 0) is 53.9 Å². The Hall–Kier alpha value is -2.74. The third-order valence-electron chi connectivity index (χ3n) is 6.23. The summed E-state index contributed by atoms with van der Waals surface area (Å²) >= 11 is 9.38. The number of hydrogen-bond acceptors (Lipinski definition) is 5. The Morgan fingerprint density at radius 1 is 0.972 bits per heavy atom. The summed E-state index contributed by atoms with van der Waals surface area (Å²) in [6.45, 7) is 2.76. The van der Waals surface area contributed by atoms with E-state index < -0.39 is 0 Å². The van der Waals surface area contributed by atoms with E-state index in [2.05, 4.69) is 46.6 Å². The highest BCUT2D eigenvalue weighted by molar-refractivity contribution is 7.23. The van der Waals surface area contributed by atoms with Crippen LogP contribution in [0.25, 0.3) is 20.8 Å². The highest BCUT2D eigenvalue weighted by atomic mass is 35.5. The average Bonchev–Trinajstić information content (AvgIpc) is 3.45. The quantitative estimate of drug-likeness (QED) is 0.241. The summed E-state index contributed by atoms with van der Waals surface area (Å²) in [6.07, 6.45) is 0.931. The van der Waals surface area contributed by atoms with Crippen LogP contribution < -0.4 is 5.32 Å². The molecular weight excluding hydrogens is 529 g/mol. The largest absolute Gasteiger partial charge is 0.313 e. The van der Waals surface area contributed by atoms with E-state index >= 15 is 0 Å². The number of para-hydroxylation sites is 1. The first kappa shape index (κ1) is 24.9. The number of carbonyl (C=O) groups is 1. The van der Waals surface area contributed by atoms with Crippen molar-refractivity contribution >= 4 is 67.8 Å². The second kappa shape index (κ2) is 10.7. The van der Waals surface area contributed by atoms with Gasteiger partial charge in [-0.25, -0.2) is 4.98 Å². The van der Waals surface area contributed by atoms with Crippen molar-refractivity contribution in [1.82, 2.24) is 9.88 Å². The number of thiophene rings is 1. The van der Waals surface area contributed by atoms with Crippen LogP contribution in [0, 0.1) is 0 Å². The Kier molecular flexibility index (Phi) is 7.42. The summed E-state index contributed by atoms with van der Waals surface area (Å²) in [5.74, 6) is -0.135. The van der Waals surface area contributed by atoms with Crippen molar-refractivity contribution in [3.63, 3.8) is 0 Å². The van der Waals surface area contributed by atoms with Crippen LogP contribution in [0.1, 0.15) is 26.4 Å². The number of carbonyl (C=O) groups excluding carboxylic acids is 1. The number of nitrogens with zero attached hydrogens (tertiary/aromatic N) is 2. The van der Waals surface area contributed by atoms with Crippen molar-refractivity contribution in [3.8, 4) is 10.6 Å². The fourth-order valence-electron chi connectivity index (χ4n) is 4.50. The number of aromatic nitrogens is 1. The molecule has 5 aromatic rings. The van der Waals surface area contributed by atoms with E-state index in [1.165, 1.54) is 16.0 Å². The third-order valence-corrected chi connectivity index (χ3v) is 8.66. The van der Waals surface area contributed by atoms with E-state index in [4.69, 9.17) is 16.6 Å². The Balaban J connectivity index is 0.00000267. The van der Waals surface area contributed by atoms with Gasteiger partial charge in [0.15, 0.2) is 0 Å². The van der Waals surface area contributed by atoms with Crippen LogP contribution in [0.15, 0.2) is 78.9 Å². The zero-order valence-electron chi connectivity index (χ0n) is 19.2. The van der Waals surface area contributed by atoms with E-state index in [1.807, 2.05) is 18.2 Å². The number of nitrogens with one attached hydrogen (secondary N) is 1. The van der Waals surface area contributed by atoms with Crippen LogP contribution in [0.3, 0.4) is 0 Å². The fourth-order valence-corrected chi connectivity index (χ4v) is 7.02. The maximum absolute atomic E-state index is 13.1. The normalized spacial score (nSPS) is 13.2. The average molecular weight is 553 g/mol. The van der Waals surface area contributed by atoms with Crippen LogP contribution in [0.2, 0.25) is 5.02 Å². The molecule has 0 atom stereocenters. The lowest BCUT2D eigenvalue weighted by Crippen LogP contribution is -2.29. The molecule has 0 saturated heterocycles. The summed E-state index contributed by atoms with van der Waals surface area (Å²) in [5, 5.41) is 5.64. The number of anilines is 1. The van der Waals surface area contributed by atoms with E-state index in [0.717, 1.165) is 51.8 Å². The van der Waals surface area contributed by atoms with Gasteiger partial charge in [-0.3, -0.25) is 9.69 Å². The first-order chi connectivity index (χ1) is 17.1. The topological polar surface area (TPSA) is 45.2 Å². The molecule has 0 fully saturated rings. The lowest BCUT2D eigenvalue weighted by atomic mass is 10.0. The van der Waals surface area contributed by atoms with Gasteiger partial charge in [0, 0.05) is 40.7 Å². The minimum absolute atomic E-state index is 0. The molecule has 0 spiro atoms. The van der Waals surface area contributed by atoms with Crippen LogP contribution in [0.4, 0.5) is 5.00 Å². The fraction of sp³-hybridized carbons (Fsp3) is 0.143. The maximum atomic E-state index is 13.1. The van der Waals surface area contributed by atoms with Crippen LogP contribution in [0.5, 0.6) is 0 Å². The maximum Gasteiger partial charge on any atom is 0.256 e. The molecule has 0 unspecified atom stereocenters. The first-order valence-corrected chi connectivity index (χ1v) is 13.5. The third kappa shape index (κ3) is 5.05. The van der Waals surface area contributed by atoms with Gasteiger partial charge in [0.2, 0.25) is 0 Å². The number of fused-ring (bicyclic) bond motifs is 2. The van der Waals surface area contributed by atoms with Crippen molar-refractivity contribution in [3.05, 3.63) is 105 Å². The second-order valence-corrected chi connectivity index (χ2v) is 11.2. The molecule has 1 aliphatic heterocycles. The van der Waals surface area contributed by atoms with Gasteiger partial charge in [0.05, 0.1) is 10.2 Å². The lowest BCUT2D eigenvalue weighted by Gasteiger charge is -2.27. The molecule has 36 heavy (non-hydrogen) atoms. The van der Waals surface area contributed by atoms with Crippen molar-refractivity contribution < 1.29 is 4.79 Å². The summed E-state index contributed by atoms with van der Waals surface area (Å²) in [6, 6.07) is 25.8. The molecule has 0 saturated carbocycles. The molecule has 3 heterocycles. The molecule has 0 bridgehead atoms. The van der Waals surface area contributed by atoms with Crippen molar-refractivity contribution in [2.75, 3.05) is 11.9 Å². The lowest BCUT2D eigenvalue weighted by molar-refractivity contribution is 0.102. The van der Waals surface area contributed by atoms with Crippen molar-refractivity contribution in [2.45, 2.75) is 19.5 Å². The molecular formula is C28H23Cl2N3OS2.